The number of furan rings is 1. The molecular weight excluding hydrogens is 384 g/mol. The highest BCUT2D eigenvalue weighted by Gasteiger charge is 2.28. The van der Waals surface area contributed by atoms with Gasteiger partial charge in [-0.15, -0.1) is 0 Å². The summed E-state index contributed by atoms with van der Waals surface area (Å²) in [6.07, 6.45) is 1.46. The Bertz CT molecular complexity index is 1080. The Labute approximate surface area is 173 Å². The van der Waals surface area contributed by atoms with Crippen LogP contribution in [0.2, 0.25) is 0 Å². The van der Waals surface area contributed by atoms with Crippen molar-refractivity contribution in [1.29, 1.82) is 0 Å². The largest absolute Gasteiger partial charge is 0.478 e. The minimum atomic E-state index is -1.04. The van der Waals surface area contributed by atoms with Gasteiger partial charge in [0.05, 0.1) is 11.8 Å². The second-order valence-electron chi connectivity index (χ2n) is 6.96. The lowest BCUT2D eigenvalue weighted by atomic mass is 9.94. The van der Waals surface area contributed by atoms with Crippen molar-refractivity contribution in [3.8, 4) is 11.1 Å². The Kier molecular flexibility index (Phi) is 5.34. The molecule has 0 bridgehead atoms. The maximum absolute atomic E-state index is 13.2. The van der Waals surface area contributed by atoms with Gasteiger partial charge in [-0.25, -0.2) is 4.79 Å². The fourth-order valence-corrected chi connectivity index (χ4v) is 3.65. The summed E-state index contributed by atoms with van der Waals surface area (Å²) in [6, 6.07) is 16.9. The zero-order valence-corrected chi connectivity index (χ0v) is 16.2. The fourth-order valence-electron chi connectivity index (χ4n) is 3.65. The summed E-state index contributed by atoms with van der Waals surface area (Å²) in [4.78, 5) is 40.6. The van der Waals surface area contributed by atoms with E-state index in [-0.39, 0.29) is 23.1 Å². The maximum Gasteiger partial charge on any atom is 0.336 e. The van der Waals surface area contributed by atoms with Crippen LogP contribution in [0, 0.1) is 0 Å². The molecule has 0 unspecified atom stereocenters. The van der Waals surface area contributed by atoms with Gasteiger partial charge in [-0.05, 0) is 35.4 Å². The van der Waals surface area contributed by atoms with E-state index in [0.29, 0.717) is 42.9 Å². The number of rotatable bonds is 4. The number of nitrogens with zero attached hydrogens (tertiary/aromatic N) is 2. The van der Waals surface area contributed by atoms with Crippen LogP contribution in [0.15, 0.2) is 71.3 Å². The van der Waals surface area contributed by atoms with Gasteiger partial charge in [0.25, 0.3) is 11.8 Å². The second-order valence-corrected chi connectivity index (χ2v) is 6.96. The molecule has 7 heteroatoms. The van der Waals surface area contributed by atoms with Gasteiger partial charge >= 0.3 is 5.97 Å². The van der Waals surface area contributed by atoms with Gasteiger partial charge in [-0.2, -0.15) is 0 Å². The van der Waals surface area contributed by atoms with Gasteiger partial charge in [-0.1, -0.05) is 36.4 Å². The third-order valence-electron chi connectivity index (χ3n) is 5.19. The van der Waals surface area contributed by atoms with Crippen LogP contribution < -0.4 is 0 Å². The number of carboxylic acids is 1. The Hall–Kier alpha value is -3.87. The van der Waals surface area contributed by atoms with Crippen LogP contribution in [-0.2, 0) is 0 Å². The zero-order valence-electron chi connectivity index (χ0n) is 16.2. The van der Waals surface area contributed by atoms with E-state index in [4.69, 9.17) is 4.42 Å². The highest BCUT2D eigenvalue weighted by atomic mass is 16.4. The molecule has 1 fully saturated rings. The fraction of sp³-hybridized carbons (Fsp3) is 0.174. The summed E-state index contributed by atoms with van der Waals surface area (Å²) in [5.41, 5.74) is 1.67. The van der Waals surface area contributed by atoms with Gasteiger partial charge in [0.15, 0.2) is 5.76 Å². The second kappa shape index (κ2) is 8.24. The first-order chi connectivity index (χ1) is 14.6. The Balaban J connectivity index is 1.55. The van der Waals surface area contributed by atoms with Crippen molar-refractivity contribution >= 4 is 17.8 Å². The van der Waals surface area contributed by atoms with Gasteiger partial charge in [0.2, 0.25) is 0 Å². The normalized spacial score (nSPS) is 13.9. The number of amides is 2. The Morgan fingerprint density at radius 1 is 0.700 bits per heavy atom. The minimum Gasteiger partial charge on any atom is -0.478 e. The van der Waals surface area contributed by atoms with E-state index in [1.165, 1.54) is 12.3 Å². The van der Waals surface area contributed by atoms with Crippen LogP contribution in [0.3, 0.4) is 0 Å². The number of hydrogen-bond acceptors (Lipinski definition) is 4. The molecule has 7 nitrogen and oxygen atoms in total. The van der Waals surface area contributed by atoms with Crippen molar-refractivity contribution in [1.82, 2.24) is 9.80 Å². The van der Waals surface area contributed by atoms with Gasteiger partial charge in [0.1, 0.15) is 0 Å². The number of aromatic carboxylic acids is 1. The number of carbonyl (C=O) groups is 3. The number of carboxylic acid groups (broad SMARTS) is 1. The van der Waals surface area contributed by atoms with Crippen molar-refractivity contribution in [2.24, 2.45) is 0 Å². The lowest BCUT2D eigenvalue weighted by Crippen LogP contribution is -2.50. The Morgan fingerprint density at radius 2 is 1.23 bits per heavy atom. The molecule has 2 amide bonds. The quantitative estimate of drug-likeness (QED) is 0.721. The average molecular weight is 404 g/mol. The van der Waals surface area contributed by atoms with E-state index < -0.39 is 5.97 Å². The molecule has 4 rings (SSSR count). The first-order valence-corrected chi connectivity index (χ1v) is 9.60. The molecule has 1 aliphatic heterocycles. The number of piperazine rings is 1. The van der Waals surface area contributed by atoms with Crippen molar-refractivity contribution in [2.45, 2.75) is 0 Å². The summed E-state index contributed by atoms with van der Waals surface area (Å²) in [7, 11) is 0. The first kappa shape index (κ1) is 19.4. The first-order valence-electron chi connectivity index (χ1n) is 9.60. The summed E-state index contributed by atoms with van der Waals surface area (Å²) in [6.45, 7) is 1.58. The van der Waals surface area contributed by atoms with E-state index >= 15 is 0 Å². The van der Waals surface area contributed by atoms with Crippen molar-refractivity contribution in [2.75, 3.05) is 26.2 Å². The van der Waals surface area contributed by atoms with Gasteiger partial charge in [-0.3, -0.25) is 9.59 Å². The molecule has 0 atom stereocenters. The van der Waals surface area contributed by atoms with Crippen molar-refractivity contribution in [3.63, 3.8) is 0 Å². The lowest BCUT2D eigenvalue weighted by molar-refractivity contribution is 0.0518. The molecule has 152 valence electrons. The van der Waals surface area contributed by atoms with Crippen molar-refractivity contribution < 1.29 is 23.9 Å². The highest BCUT2D eigenvalue weighted by Crippen LogP contribution is 2.28. The Morgan fingerprint density at radius 3 is 1.80 bits per heavy atom. The molecule has 30 heavy (non-hydrogen) atoms. The summed E-state index contributed by atoms with van der Waals surface area (Å²) >= 11 is 0. The SMILES string of the molecule is O=C(O)c1ccccc1-c1ccccc1C(=O)N1CCN(C(=O)c2ccco2)CC1. The van der Waals surface area contributed by atoms with E-state index in [9.17, 15) is 19.5 Å². The number of hydrogen-bond donors (Lipinski definition) is 1. The molecule has 0 radical (unpaired) electrons. The minimum absolute atomic E-state index is 0.145. The molecule has 2 heterocycles. The zero-order chi connectivity index (χ0) is 21.1. The lowest BCUT2D eigenvalue weighted by Gasteiger charge is -2.34. The number of benzene rings is 2. The van der Waals surface area contributed by atoms with E-state index in [0.717, 1.165) is 0 Å². The molecule has 3 aromatic rings. The molecule has 1 N–H and O–H groups in total. The summed E-state index contributed by atoms with van der Waals surface area (Å²) in [5, 5.41) is 9.52. The van der Waals surface area contributed by atoms with Gasteiger partial charge < -0.3 is 19.3 Å². The van der Waals surface area contributed by atoms with Crippen LogP contribution in [0.25, 0.3) is 11.1 Å². The molecule has 1 aromatic heterocycles. The van der Waals surface area contributed by atoms with Crippen LogP contribution in [-0.4, -0.2) is 58.9 Å². The third kappa shape index (κ3) is 3.69. The molecule has 1 aliphatic rings. The predicted molar refractivity (Wildman–Crippen MR) is 109 cm³/mol. The molecule has 0 spiro atoms. The standard InChI is InChI=1S/C23H20N2O5/c26-21(24-11-13-25(14-12-24)22(27)20-10-5-15-30-20)18-8-3-1-6-16(18)17-7-2-4-9-19(17)23(28)29/h1-10,15H,11-14H2,(H,28,29). The van der Waals surface area contributed by atoms with E-state index in [1.54, 1.807) is 64.4 Å². The average Bonchev–Trinajstić information content (AvgIpc) is 3.33. The van der Waals surface area contributed by atoms with E-state index in [1.807, 2.05) is 0 Å². The topological polar surface area (TPSA) is 91.1 Å². The smallest absolute Gasteiger partial charge is 0.336 e. The van der Waals surface area contributed by atoms with Gasteiger partial charge in [0, 0.05) is 31.7 Å². The van der Waals surface area contributed by atoms with Crippen LogP contribution in [0.5, 0.6) is 0 Å². The molecule has 0 saturated carbocycles. The van der Waals surface area contributed by atoms with E-state index in [2.05, 4.69) is 0 Å². The molecule has 1 saturated heterocycles. The van der Waals surface area contributed by atoms with Crippen LogP contribution >= 0.6 is 0 Å². The monoisotopic (exact) mass is 404 g/mol. The maximum atomic E-state index is 13.2. The predicted octanol–water partition coefficient (Wildman–Crippen LogP) is 3.24. The summed E-state index contributed by atoms with van der Waals surface area (Å²) in [5.74, 6) is -1.14. The number of carbonyl (C=O) groups excluding carboxylic acids is 2. The van der Waals surface area contributed by atoms with Crippen LogP contribution in [0.1, 0.15) is 31.3 Å². The molecule has 0 aliphatic carbocycles. The summed E-state index contributed by atoms with van der Waals surface area (Å²) < 4.78 is 5.17. The third-order valence-corrected chi connectivity index (χ3v) is 5.19. The molecule has 2 aromatic carbocycles. The highest BCUT2D eigenvalue weighted by molar-refractivity contribution is 6.04. The molecular formula is C23H20N2O5. The van der Waals surface area contributed by atoms with Crippen molar-refractivity contribution in [3.05, 3.63) is 83.8 Å². The van der Waals surface area contributed by atoms with Crippen LogP contribution in [0.4, 0.5) is 0 Å².